The Morgan fingerprint density at radius 2 is 2.36 bits per heavy atom. The molecular formula is C9H6FNO2S. The summed E-state index contributed by atoms with van der Waals surface area (Å²) in [6, 6.07) is 5.34. The van der Waals surface area contributed by atoms with Gasteiger partial charge in [-0.3, -0.25) is 0 Å². The molecule has 0 atom stereocenters. The highest BCUT2D eigenvalue weighted by Gasteiger charge is 2.08. The standard InChI is InChI=1S/C9H6FNO2S/c10-7-2-1-6(9(12)13)5-8(7)14-4-3-11/h1-2,5H,4H2,(H,12,13). The molecular weight excluding hydrogens is 205 g/mol. The quantitative estimate of drug-likeness (QED) is 0.778. The van der Waals surface area contributed by atoms with Gasteiger partial charge < -0.3 is 5.11 Å². The van der Waals surface area contributed by atoms with Crippen LogP contribution in [-0.4, -0.2) is 16.8 Å². The highest BCUT2D eigenvalue weighted by atomic mass is 32.2. The van der Waals surface area contributed by atoms with Gasteiger partial charge in [0.05, 0.1) is 17.4 Å². The van der Waals surface area contributed by atoms with Gasteiger partial charge in [0.1, 0.15) is 5.82 Å². The lowest BCUT2D eigenvalue weighted by Crippen LogP contribution is -1.97. The first-order chi connectivity index (χ1) is 6.65. The first-order valence-electron chi connectivity index (χ1n) is 3.67. The van der Waals surface area contributed by atoms with Crippen molar-refractivity contribution in [3.63, 3.8) is 0 Å². The Morgan fingerprint density at radius 3 is 2.93 bits per heavy atom. The maximum absolute atomic E-state index is 13.0. The molecule has 14 heavy (non-hydrogen) atoms. The summed E-state index contributed by atoms with van der Waals surface area (Å²) in [6.45, 7) is 0. The molecule has 0 unspecified atom stereocenters. The molecule has 0 amide bonds. The second kappa shape index (κ2) is 4.63. The van der Waals surface area contributed by atoms with Crippen molar-refractivity contribution in [3.8, 4) is 6.07 Å². The molecule has 0 aliphatic carbocycles. The van der Waals surface area contributed by atoms with E-state index in [1.807, 2.05) is 6.07 Å². The van der Waals surface area contributed by atoms with Crippen LogP contribution < -0.4 is 0 Å². The smallest absolute Gasteiger partial charge is 0.335 e. The summed E-state index contributed by atoms with van der Waals surface area (Å²) in [4.78, 5) is 10.7. The largest absolute Gasteiger partial charge is 0.478 e. The highest BCUT2D eigenvalue weighted by molar-refractivity contribution is 7.99. The van der Waals surface area contributed by atoms with Gasteiger partial charge in [0.2, 0.25) is 0 Å². The number of aromatic carboxylic acids is 1. The van der Waals surface area contributed by atoms with Gasteiger partial charge in [-0.15, -0.1) is 11.8 Å². The third-order valence-corrected chi connectivity index (χ3v) is 2.37. The number of hydrogen-bond donors (Lipinski definition) is 1. The fraction of sp³-hybridized carbons (Fsp3) is 0.111. The number of hydrogen-bond acceptors (Lipinski definition) is 3. The highest BCUT2D eigenvalue weighted by Crippen LogP contribution is 2.22. The number of benzene rings is 1. The van der Waals surface area contributed by atoms with Crippen LogP contribution in [0.2, 0.25) is 0 Å². The van der Waals surface area contributed by atoms with Crippen LogP contribution in [0.5, 0.6) is 0 Å². The van der Waals surface area contributed by atoms with Crippen LogP contribution >= 0.6 is 11.8 Å². The molecule has 0 aromatic heterocycles. The molecule has 0 saturated carbocycles. The number of halogens is 1. The summed E-state index contributed by atoms with van der Waals surface area (Å²) in [5.74, 6) is -1.51. The van der Waals surface area contributed by atoms with E-state index in [1.165, 1.54) is 12.1 Å². The number of thioether (sulfide) groups is 1. The molecule has 1 aromatic rings. The fourth-order valence-corrected chi connectivity index (χ4v) is 1.49. The van der Waals surface area contributed by atoms with Crippen LogP contribution in [0.15, 0.2) is 23.1 Å². The Labute approximate surface area is 84.2 Å². The van der Waals surface area contributed by atoms with Gasteiger partial charge in [-0.25, -0.2) is 9.18 Å². The Hall–Kier alpha value is -1.54. The van der Waals surface area contributed by atoms with E-state index >= 15 is 0 Å². The summed E-state index contributed by atoms with van der Waals surface area (Å²) < 4.78 is 13.0. The average molecular weight is 211 g/mol. The molecule has 0 heterocycles. The van der Waals surface area contributed by atoms with Crippen LogP contribution in [0.1, 0.15) is 10.4 Å². The number of carboxylic acids is 1. The number of carboxylic acid groups (broad SMARTS) is 1. The Kier molecular flexibility index (Phi) is 3.48. The van der Waals surface area contributed by atoms with Crippen molar-refractivity contribution in [2.75, 3.05) is 5.75 Å². The maximum atomic E-state index is 13.0. The second-order valence-corrected chi connectivity index (χ2v) is 3.41. The summed E-state index contributed by atoms with van der Waals surface area (Å²) >= 11 is 0.979. The third-order valence-electron chi connectivity index (χ3n) is 1.47. The normalized spacial score (nSPS) is 9.43. The van der Waals surface area contributed by atoms with E-state index in [2.05, 4.69) is 0 Å². The number of nitrogens with zero attached hydrogens (tertiary/aromatic N) is 1. The van der Waals surface area contributed by atoms with Gasteiger partial charge >= 0.3 is 5.97 Å². The van der Waals surface area contributed by atoms with Gasteiger partial charge in [0, 0.05) is 4.90 Å². The van der Waals surface area contributed by atoms with Crippen LogP contribution in [0, 0.1) is 17.1 Å². The van der Waals surface area contributed by atoms with E-state index in [0.29, 0.717) is 0 Å². The molecule has 3 nitrogen and oxygen atoms in total. The lowest BCUT2D eigenvalue weighted by Gasteiger charge is -2.00. The van der Waals surface area contributed by atoms with Gasteiger partial charge in [0.25, 0.3) is 0 Å². The molecule has 1 rings (SSSR count). The topological polar surface area (TPSA) is 61.1 Å². The van der Waals surface area contributed by atoms with Crippen LogP contribution in [0.25, 0.3) is 0 Å². The predicted octanol–water partition coefficient (Wildman–Crippen LogP) is 2.14. The fourth-order valence-electron chi connectivity index (χ4n) is 0.857. The summed E-state index contributed by atoms with van der Waals surface area (Å²) in [7, 11) is 0. The molecule has 0 saturated heterocycles. The van der Waals surface area contributed by atoms with E-state index in [9.17, 15) is 9.18 Å². The number of rotatable bonds is 3. The van der Waals surface area contributed by atoms with E-state index in [0.717, 1.165) is 17.8 Å². The molecule has 1 aromatic carbocycles. The number of nitriles is 1. The van der Waals surface area contributed by atoms with Gasteiger partial charge in [-0.2, -0.15) is 5.26 Å². The first kappa shape index (κ1) is 10.5. The van der Waals surface area contributed by atoms with Crippen LogP contribution in [-0.2, 0) is 0 Å². The molecule has 0 spiro atoms. The second-order valence-electron chi connectivity index (χ2n) is 2.40. The minimum absolute atomic E-state index is 0.0202. The molecule has 0 fully saturated rings. The molecule has 1 N–H and O–H groups in total. The lowest BCUT2D eigenvalue weighted by atomic mass is 10.2. The zero-order chi connectivity index (χ0) is 10.6. The molecule has 0 bridgehead atoms. The molecule has 0 radical (unpaired) electrons. The van der Waals surface area contributed by atoms with E-state index in [-0.39, 0.29) is 16.2 Å². The third kappa shape index (κ3) is 2.47. The molecule has 5 heteroatoms. The summed E-state index contributed by atoms with van der Waals surface area (Å²) in [5.41, 5.74) is 0.0202. The van der Waals surface area contributed by atoms with Gasteiger partial charge in [-0.05, 0) is 18.2 Å². The van der Waals surface area contributed by atoms with Crippen molar-refractivity contribution in [3.05, 3.63) is 29.6 Å². The van der Waals surface area contributed by atoms with Crippen molar-refractivity contribution in [1.29, 1.82) is 5.26 Å². The molecule has 0 aliphatic rings. The molecule has 0 aliphatic heterocycles. The van der Waals surface area contributed by atoms with E-state index in [4.69, 9.17) is 10.4 Å². The van der Waals surface area contributed by atoms with Crippen molar-refractivity contribution in [2.24, 2.45) is 0 Å². The SMILES string of the molecule is N#CCSc1cc(C(=O)O)ccc1F. The Balaban J connectivity index is 2.97. The van der Waals surface area contributed by atoms with Crippen molar-refractivity contribution in [2.45, 2.75) is 4.90 Å². The zero-order valence-electron chi connectivity index (χ0n) is 7.03. The first-order valence-corrected chi connectivity index (χ1v) is 4.66. The van der Waals surface area contributed by atoms with E-state index in [1.54, 1.807) is 0 Å². The minimum atomic E-state index is -1.11. The van der Waals surface area contributed by atoms with Gasteiger partial charge in [-0.1, -0.05) is 0 Å². The monoisotopic (exact) mass is 211 g/mol. The molecule has 72 valence electrons. The average Bonchev–Trinajstić information content (AvgIpc) is 2.16. The van der Waals surface area contributed by atoms with Crippen LogP contribution in [0.4, 0.5) is 4.39 Å². The van der Waals surface area contributed by atoms with Crippen molar-refractivity contribution in [1.82, 2.24) is 0 Å². The maximum Gasteiger partial charge on any atom is 0.335 e. The van der Waals surface area contributed by atoms with Crippen molar-refractivity contribution >= 4 is 17.7 Å². The number of carbonyl (C=O) groups is 1. The summed E-state index contributed by atoms with van der Waals surface area (Å²) in [5, 5.41) is 16.9. The van der Waals surface area contributed by atoms with E-state index < -0.39 is 11.8 Å². The lowest BCUT2D eigenvalue weighted by molar-refractivity contribution is 0.0696. The Morgan fingerprint density at radius 1 is 1.64 bits per heavy atom. The zero-order valence-corrected chi connectivity index (χ0v) is 7.84. The summed E-state index contributed by atoms with van der Waals surface area (Å²) in [6.07, 6.45) is 0. The van der Waals surface area contributed by atoms with Gasteiger partial charge in [0.15, 0.2) is 0 Å². The minimum Gasteiger partial charge on any atom is -0.478 e. The van der Waals surface area contributed by atoms with Crippen molar-refractivity contribution < 1.29 is 14.3 Å². The van der Waals surface area contributed by atoms with Crippen LogP contribution in [0.3, 0.4) is 0 Å². The Bertz CT molecular complexity index is 400. The predicted molar refractivity (Wildman–Crippen MR) is 49.7 cm³/mol.